The SMILES string of the molecule is CC(C)C(CCl)NC(=O)c1cccc(F)c1Cl. The normalized spacial score (nSPS) is 12.6. The Morgan fingerprint density at radius 2 is 2.12 bits per heavy atom. The molecule has 0 fully saturated rings. The van der Waals surface area contributed by atoms with E-state index in [0.29, 0.717) is 5.88 Å². The molecule has 17 heavy (non-hydrogen) atoms. The minimum atomic E-state index is -0.605. The van der Waals surface area contributed by atoms with Gasteiger partial charge in [-0.1, -0.05) is 31.5 Å². The second kappa shape index (κ2) is 6.22. The van der Waals surface area contributed by atoms with E-state index < -0.39 is 11.7 Å². The topological polar surface area (TPSA) is 29.1 Å². The molecule has 94 valence electrons. The fourth-order valence-electron chi connectivity index (χ4n) is 1.31. The van der Waals surface area contributed by atoms with Crippen molar-refractivity contribution in [3.8, 4) is 0 Å². The van der Waals surface area contributed by atoms with E-state index in [4.69, 9.17) is 23.2 Å². The fourth-order valence-corrected chi connectivity index (χ4v) is 1.95. The van der Waals surface area contributed by atoms with E-state index in [1.165, 1.54) is 18.2 Å². The zero-order valence-corrected chi connectivity index (χ0v) is 11.1. The summed E-state index contributed by atoms with van der Waals surface area (Å²) < 4.78 is 13.2. The summed E-state index contributed by atoms with van der Waals surface area (Å²) >= 11 is 11.5. The van der Waals surface area contributed by atoms with Crippen molar-refractivity contribution in [3.05, 3.63) is 34.6 Å². The number of hydrogen-bond donors (Lipinski definition) is 1. The van der Waals surface area contributed by atoms with Gasteiger partial charge in [-0.05, 0) is 18.1 Å². The molecule has 0 saturated carbocycles. The molecule has 5 heteroatoms. The average Bonchev–Trinajstić information content (AvgIpc) is 2.28. The molecule has 1 rings (SSSR count). The Morgan fingerprint density at radius 3 is 2.65 bits per heavy atom. The van der Waals surface area contributed by atoms with Crippen molar-refractivity contribution in [1.29, 1.82) is 0 Å². The minimum Gasteiger partial charge on any atom is -0.348 e. The summed E-state index contributed by atoms with van der Waals surface area (Å²) in [6, 6.07) is 3.97. The van der Waals surface area contributed by atoms with Crippen LogP contribution in [0.15, 0.2) is 18.2 Å². The number of carbonyl (C=O) groups is 1. The highest BCUT2D eigenvalue weighted by Gasteiger charge is 2.19. The standard InChI is InChI=1S/C12H14Cl2FNO/c1-7(2)10(6-13)16-12(17)8-4-3-5-9(15)11(8)14/h3-5,7,10H,6H2,1-2H3,(H,16,17). The van der Waals surface area contributed by atoms with Gasteiger partial charge in [0.2, 0.25) is 0 Å². The first-order chi connectivity index (χ1) is 7.97. The van der Waals surface area contributed by atoms with Gasteiger partial charge in [-0.25, -0.2) is 4.39 Å². The lowest BCUT2D eigenvalue weighted by Crippen LogP contribution is -2.40. The Kier molecular flexibility index (Phi) is 5.22. The number of amides is 1. The second-order valence-electron chi connectivity index (χ2n) is 4.08. The lowest BCUT2D eigenvalue weighted by molar-refractivity contribution is 0.0931. The summed E-state index contributed by atoms with van der Waals surface area (Å²) in [5.74, 6) is -0.514. The molecule has 1 atom stereocenters. The van der Waals surface area contributed by atoms with E-state index in [1.807, 2.05) is 13.8 Å². The second-order valence-corrected chi connectivity index (χ2v) is 4.77. The van der Waals surface area contributed by atoms with Crippen LogP contribution < -0.4 is 5.32 Å². The maximum Gasteiger partial charge on any atom is 0.253 e. The zero-order chi connectivity index (χ0) is 13.0. The minimum absolute atomic E-state index is 0.127. The summed E-state index contributed by atoms with van der Waals surface area (Å²) in [5, 5.41) is 2.56. The number of hydrogen-bond acceptors (Lipinski definition) is 1. The van der Waals surface area contributed by atoms with Crippen LogP contribution in [0, 0.1) is 11.7 Å². The van der Waals surface area contributed by atoms with Crippen LogP contribution in [0.25, 0.3) is 0 Å². The van der Waals surface area contributed by atoms with Crippen LogP contribution >= 0.6 is 23.2 Å². The van der Waals surface area contributed by atoms with Crippen LogP contribution in [-0.4, -0.2) is 17.8 Å². The van der Waals surface area contributed by atoms with E-state index in [-0.39, 0.29) is 22.5 Å². The molecule has 0 aliphatic carbocycles. The highest BCUT2D eigenvalue weighted by Crippen LogP contribution is 2.19. The lowest BCUT2D eigenvalue weighted by atomic mass is 10.1. The first-order valence-electron chi connectivity index (χ1n) is 5.28. The molecule has 0 heterocycles. The quantitative estimate of drug-likeness (QED) is 0.839. The van der Waals surface area contributed by atoms with Crippen LogP contribution in [0.4, 0.5) is 4.39 Å². The molecule has 2 nitrogen and oxygen atoms in total. The Hall–Kier alpha value is -0.800. The number of carbonyl (C=O) groups excluding carboxylic acids is 1. The average molecular weight is 278 g/mol. The van der Waals surface area contributed by atoms with E-state index in [2.05, 4.69) is 5.32 Å². The van der Waals surface area contributed by atoms with Gasteiger partial charge >= 0.3 is 0 Å². The van der Waals surface area contributed by atoms with Crippen LogP contribution in [0.1, 0.15) is 24.2 Å². The van der Waals surface area contributed by atoms with Crippen molar-refractivity contribution < 1.29 is 9.18 Å². The molecule has 1 unspecified atom stereocenters. The number of nitrogens with one attached hydrogen (secondary N) is 1. The molecule has 0 aliphatic rings. The van der Waals surface area contributed by atoms with Crippen LogP contribution in [0.2, 0.25) is 5.02 Å². The van der Waals surface area contributed by atoms with E-state index in [1.54, 1.807) is 0 Å². The van der Waals surface area contributed by atoms with Crippen molar-refractivity contribution in [3.63, 3.8) is 0 Å². The maximum absolute atomic E-state index is 13.2. The van der Waals surface area contributed by atoms with Gasteiger partial charge in [0.1, 0.15) is 5.82 Å². The third kappa shape index (κ3) is 3.58. The van der Waals surface area contributed by atoms with Crippen molar-refractivity contribution in [2.75, 3.05) is 5.88 Å². The monoisotopic (exact) mass is 277 g/mol. The van der Waals surface area contributed by atoms with Gasteiger partial charge in [0.15, 0.2) is 0 Å². The molecule has 0 spiro atoms. The molecule has 0 aliphatic heterocycles. The van der Waals surface area contributed by atoms with E-state index in [0.717, 1.165) is 0 Å². The highest BCUT2D eigenvalue weighted by molar-refractivity contribution is 6.34. The summed E-state index contributed by atoms with van der Waals surface area (Å²) in [4.78, 5) is 11.9. The van der Waals surface area contributed by atoms with Crippen molar-refractivity contribution in [2.24, 2.45) is 5.92 Å². The number of halogens is 3. The molecule has 1 N–H and O–H groups in total. The fraction of sp³-hybridized carbons (Fsp3) is 0.417. The van der Waals surface area contributed by atoms with Crippen molar-refractivity contribution in [1.82, 2.24) is 5.32 Å². The van der Waals surface area contributed by atoms with Gasteiger partial charge in [0.25, 0.3) is 5.91 Å². The van der Waals surface area contributed by atoms with Gasteiger partial charge in [0, 0.05) is 11.9 Å². The van der Waals surface area contributed by atoms with Crippen molar-refractivity contribution in [2.45, 2.75) is 19.9 Å². The number of benzene rings is 1. The van der Waals surface area contributed by atoms with Gasteiger partial charge < -0.3 is 5.32 Å². The third-order valence-electron chi connectivity index (χ3n) is 2.48. The predicted octanol–water partition coefficient (Wildman–Crippen LogP) is 3.47. The largest absolute Gasteiger partial charge is 0.348 e. The molecule has 0 radical (unpaired) electrons. The Morgan fingerprint density at radius 1 is 1.47 bits per heavy atom. The summed E-state index contributed by atoms with van der Waals surface area (Å²) in [7, 11) is 0. The smallest absolute Gasteiger partial charge is 0.253 e. The predicted molar refractivity (Wildman–Crippen MR) is 68.2 cm³/mol. The number of rotatable bonds is 4. The van der Waals surface area contributed by atoms with Gasteiger partial charge in [-0.3, -0.25) is 4.79 Å². The molecular formula is C12H14Cl2FNO. The Balaban J connectivity index is 2.86. The molecule has 1 aromatic carbocycles. The lowest BCUT2D eigenvalue weighted by Gasteiger charge is -2.20. The van der Waals surface area contributed by atoms with E-state index >= 15 is 0 Å². The molecule has 1 aromatic rings. The first-order valence-corrected chi connectivity index (χ1v) is 6.19. The Labute approximate surface area is 110 Å². The van der Waals surface area contributed by atoms with Gasteiger partial charge in [-0.2, -0.15) is 0 Å². The van der Waals surface area contributed by atoms with Gasteiger partial charge in [0.05, 0.1) is 10.6 Å². The van der Waals surface area contributed by atoms with Crippen LogP contribution in [-0.2, 0) is 0 Å². The summed E-state index contributed by atoms with van der Waals surface area (Å²) in [6.07, 6.45) is 0. The van der Waals surface area contributed by atoms with Crippen LogP contribution in [0.3, 0.4) is 0 Å². The van der Waals surface area contributed by atoms with Crippen LogP contribution in [0.5, 0.6) is 0 Å². The van der Waals surface area contributed by atoms with Gasteiger partial charge in [-0.15, -0.1) is 11.6 Å². The molecule has 0 aromatic heterocycles. The maximum atomic E-state index is 13.2. The zero-order valence-electron chi connectivity index (χ0n) is 9.64. The highest BCUT2D eigenvalue weighted by atomic mass is 35.5. The summed E-state index contributed by atoms with van der Waals surface area (Å²) in [5.41, 5.74) is 0.127. The van der Waals surface area contributed by atoms with E-state index in [9.17, 15) is 9.18 Å². The summed E-state index contributed by atoms with van der Waals surface area (Å²) in [6.45, 7) is 3.89. The first kappa shape index (κ1) is 14.3. The molecule has 1 amide bonds. The Bertz CT molecular complexity index is 409. The third-order valence-corrected chi connectivity index (χ3v) is 3.20. The van der Waals surface area contributed by atoms with Crippen molar-refractivity contribution >= 4 is 29.1 Å². The molecule has 0 bridgehead atoms. The number of alkyl halides is 1. The molecular weight excluding hydrogens is 264 g/mol. The molecule has 0 saturated heterocycles.